The van der Waals surface area contributed by atoms with Crippen molar-refractivity contribution in [3.63, 3.8) is 0 Å². The van der Waals surface area contributed by atoms with Crippen molar-refractivity contribution < 1.29 is 10.1 Å². The van der Waals surface area contributed by atoms with Crippen LogP contribution in [0.2, 0.25) is 5.02 Å². The van der Waals surface area contributed by atoms with E-state index >= 15 is 0 Å². The maximum Gasteiger partial charge on any atom is 0.307 e. The average Bonchev–Trinajstić information content (AvgIpc) is 2.87. The summed E-state index contributed by atoms with van der Waals surface area (Å²) in [6.45, 7) is 0. The summed E-state index contributed by atoms with van der Waals surface area (Å²) in [5, 5.41) is 26.1. The predicted octanol–water partition coefficient (Wildman–Crippen LogP) is 1.53. The van der Waals surface area contributed by atoms with Gasteiger partial charge < -0.3 is 10.9 Å². The fraction of sp³-hybridized carbons (Fsp3) is 0. The smallest absolute Gasteiger partial charge is 0.307 e. The highest BCUT2D eigenvalue weighted by Crippen LogP contribution is 2.23. The summed E-state index contributed by atoms with van der Waals surface area (Å²) in [6.07, 6.45) is 2.36. The Hall–Kier alpha value is -2.61. The van der Waals surface area contributed by atoms with Crippen LogP contribution in [0, 0.1) is 10.1 Å². The van der Waals surface area contributed by atoms with Gasteiger partial charge >= 0.3 is 5.69 Å². The lowest BCUT2D eigenvalue weighted by Crippen LogP contribution is -2.13. The molecule has 0 fully saturated rings. The molecule has 0 aliphatic rings. The van der Waals surface area contributed by atoms with Crippen molar-refractivity contribution in [1.29, 1.82) is 0 Å². The number of halogens is 1. The van der Waals surface area contributed by atoms with Gasteiger partial charge in [0.15, 0.2) is 5.84 Å². The van der Waals surface area contributed by atoms with Gasteiger partial charge in [-0.05, 0) is 18.2 Å². The van der Waals surface area contributed by atoms with Crippen molar-refractivity contribution in [1.82, 2.24) is 9.78 Å². The Kier molecular flexibility index (Phi) is 3.34. The molecule has 0 bridgehead atoms. The number of hydrogen-bond donors (Lipinski definition) is 2. The molecule has 98 valence electrons. The summed E-state index contributed by atoms with van der Waals surface area (Å²) in [7, 11) is 0. The van der Waals surface area contributed by atoms with Crippen LogP contribution in [0.1, 0.15) is 5.56 Å². The van der Waals surface area contributed by atoms with Crippen molar-refractivity contribution in [2.75, 3.05) is 0 Å². The first-order valence-corrected chi connectivity index (χ1v) is 5.37. The predicted molar refractivity (Wildman–Crippen MR) is 67.7 cm³/mol. The highest BCUT2D eigenvalue weighted by atomic mass is 35.5. The lowest BCUT2D eigenvalue weighted by molar-refractivity contribution is -0.384. The maximum atomic E-state index is 10.6. The van der Waals surface area contributed by atoms with Crippen molar-refractivity contribution in [3.05, 3.63) is 51.3 Å². The zero-order valence-corrected chi connectivity index (χ0v) is 10.2. The van der Waals surface area contributed by atoms with Crippen LogP contribution in [0.15, 0.2) is 35.7 Å². The second kappa shape index (κ2) is 4.94. The molecule has 0 spiro atoms. The highest BCUT2D eigenvalue weighted by molar-refractivity contribution is 6.32. The SMILES string of the molecule is N/C(=N/O)c1ccc(-n2cc([N+](=O)[O-])cn2)c(Cl)c1. The molecule has 9 heteroatoms. The molecule has 0 aliphatic carbocycles. The molecule has 2 rings (SSSR count). The number of nitro groups is 1. The molecule has 0 atom stereocenters. The number of benzene rings is 1. The summed E-state index contributed by atoms with van der Waals surface area (Å²) in [6, 6.07) is 4.59. The van der Waals surface area contributed by atoms with E-state index in [1.807, 2.05) is 0 Å². The molecule has 0 saturated carbocycles. The maximum absolute atomic E-state index is 10.6. The summed E-state index contributed by atoms with van der Waals surface area (Å²) >= 11 is 6.03. The molecule has 0 unspecified atom stereocenters. The first-order chi connectivity index (χ1) is 9.02. The van der Waals surface area contributed by atoms with Gasteiger partial charge in [-0.25, -0.2) is 4.68 Å². The molecule has 0 amide bonds. The fourth-order valence-corrected chi connectivity index (χ4v) is 1.72. The number of nitrogens with zero attached hydrogens (tertiary/aromatic N) is 4. The number of oxime groups is 1. The van der Waals surface area contributed by atoms with Gasteiger partial charge in [-0.1, -0.05) is 16.8 Å². The summed E-state index contributed by atoms with van der Waals surface area (Å²) in [5.41, 5.74) is 6.16. The number of hydrogen-bond acceptors (Lipinski definition) is 5. The van der Waals surface area contributed by atoms with E-state index < -0.39 is 4.92 Å². The second-order valence-corrected chi connectivity index (χ2v) is 3.96. The van der Waals surface area contributed by atoms with Gasteiger partial charge in [-0.3, -0.25) is 10.1 Å². The molecule has 1 aromatic heterocycles. The van der Waals surface area contributed by atoms with Crippen LogP contribution in [0.3, 0.4) is 0 Å². The standard InChI is InChI=1S/C10H8ClN5O3/c11-8-3-6(10(12)14-17)1-2-9(8)15-5-7(4-13-15)16(18)19/h1-5,17H,(H2,12,14). The third-order valence-corrected chi connectivity index (χ3v) is 2.68. The largest absolute Gasteiger partial charge is 0.409 e. The quantitative estimate of drug-likeness (QED) is 0.291. The van der Waals surface area contributed by atoms with E-state index in [1.165, 1.54) is 16.9 Å². The Morgan fingerprint density at radius 3 is 2.84 bits per heavy atom. The van der Waals surface area contributed by atoms with Crippen LogP contribution in [0.5, 0.6) is 0 Å². The Morgan fingerprint density at radius 1 is 1.58 bits per heavy atom. The molecule has 8 nitrogen and oxygen atoms in total. The Bertz CT molecular complexity index is 667. The zero-order valence-electron chi connectivity index (χ0n) is 9.39. The van der Waals surface area contributed by atoms with E-state index in [2.05, 4.69) is 10.3 Å². The lowest BCUT2D eigenvalue weighted by Gasteiger charge is -2.05. The van der Waals surface area contributed by atoms with Gasteiger partial charge in [0.25, 0.3) is 0 Å². The topological polar surface area (TPSA) is 120 Å². The minimum Gasteiger partial charge on any atom is -0.409 e. The lowest BCUT2D eigenvalue weighted by atomic mass is 10.2. The third kappa shape index (κ3) is 2.47. The summed E-state index contributed by atoms with van der Waals surface area (Å²) in [4.78, 5) is 10.0. The highest BCUT2D eigenvalue weighted by Gasteiger charge is 2.12. The molecule has 1 heterocycles. The third-order valence-electron chi connectivity index (χ3n) is 2.38. The van der Waals surface area contributed by atoms with Crippen molar-refractivity contribution in [2.45, 2.75) is 0 Å². The second-order valence-electron chi connectivity index (χ2n) is 3.55. The van der Waals surface area contributed by atoms with Crippen molar-refractivity contribution in [2.24, 2.45) is 10.9 Å². The van der Waals surface area contributed by atoms with E-state index in [1.54, 1.807) is 12.1 Å². The number of rotatable bonds is 3. The first kappa shape index (κ1) is 12.8. The molecule has 0 aliphatic heterocycles. The molecule has 1 aromatic carbocycles. The number of amidine groups is 1. The molecule has 0 saturated heterocycles. The van der Waals surface area contributed by atoms with Crippen LogP contribution in [-0.4, -0.2) is 25.7 Å². The van der Waals surface area contributed by atoms with E-state index in [0.29, 0.717) is 11.3 Å². The van der Waals surface area contributed by atoms with Crippen LogP contribution < -0.4 is 5.73 Å². The minimum absolute atomic E-state index is 0.0834. The van der Waals surface area contributed by atoms with E-state index in [0.717, 1.165) is 6.20 Å². The van der Waals surface area contributed by atoms with Crippen LogP contribution in [0.4, 0.5) is 5.69 Å². The van der Waals surface area contributed by atoms with Gasteiger partial charge in [-0.2, -0.15) is 5.10 Å². The fourth-order valence-electron chi connectivity index (χ4n) is 1.45. The van der Waals surface area contributed by atoms with Gasteiger partial charge in [0.2, 0.25) is 0 Å². The summed E-state index contributed by atoms with van der Waals surface area (Å²) in [5.74, 6) is -0.0834. The Balaban J connectivity index is 2.43. The average molecular weight is 282 g/mol. The summed E-state index contributed by atoms with van der Waals surface area (Å²) < 4.78 is 1.27. The number of nitrogens with two attached hydrogens (primary N) is 1. The normalized spacial score (nSPS) is 11.5. The molecule has 19 heavy (non-hydrogen) atoms. The van der Waals surface area contributed by atoms with Crippen molar-refractivity contribution in [3.8, 4) is 5.69 Å². The molecule has 3 N–H and O–H groups in total. The van der Waals surface area contributed by atoms with E-state index in [4.69, 9.17) is 22.5 Å². The molecule has 0 radical (unpaired) electrons. The zero-order chi connectivity index (χ0) is 14.0. The number of aromatic nitrogens is 2. The first-order valence-electron chi connectivity index (χ1n) is 5.00. The van der Waals surface area contributed by atoms with Crippen LogP contribution >= 0.6 is 11.6 Å². The molecule has 2 aromatic rings. The minimum atomic E-state index is -0.553. The molecular weight excluding hydrogens is 274 g/mol. The Labute approximate surface area is 111 Å². The van der Waals surface area contributed by atoms with Crippen LogP contribution in [-0.2, 0) is 0 Å². The van der Waals surface area contributed by atoms with E-state index in [9.17, 15) is 10.1 Å². The van der Waals surface area contributed by atoms with Gasteiger partial charge in [0.05, 0.1) is 15.6 Å². The van der Waals surface area contributed by atoms with Crippen molar-refractivity contribution >= 4 is 23.1 Å². The van der Waals surface area contributed by atoms with E-state index in [-0.39, 0.29) is 16.5 Å². The van der Waals surface area contributed by atoms with Gasteiger partial charge in [0, 0.05) is 5.56 Å². The van der Waals surface area contributed by atoms with Gasteiger partial charge in [-0.15, -0.1) is 0 Å². The monoisotopic (exact) mass is 281 g/mol. The van der Waals surface area contributed by atoms with Crippen LogP contribution in [0.25, 0.3) is 5.69 Å². The Morgan fingerprint density at radius 2 is 2.32 bits per heavy atom. The van der Waals surface area contributed by atoms with Gasteiger partial charge in [0.1, 0.15) is 12.4 Å². The molecular formula is C10H8ClN5O3.